The van der Waals surface area contributed by atoms with Crippen molar-refractivity contribution in [1.82, 2.24) is 5.32 Å². The van der Waals surface area contributed by atoms with Crippen molar-refractivity contribution in [3.8, 4) is 17.2 Å². The molecule has 6 heteroatoms. The number of amides is 1. The molecule has 0 bridgehead atoms. The average Bonchev–Trinajstić information content (AvgIpc) is 2.62. The van der Waals surface area contributed by atoms with E-state index in [4.69, 9.17) is 25.8 Å². The van der Waals surface area contributed by atoms with Crippen molar-refractivity contribution in [1.29, 1.82) is 0 Å². The number of nitrogens with one attached hydrogen (secondary N) is 1. The van der Waals surface area contributed by atoms with Gasteiger partial charge in [0.25, 0.3) is 5.91 Å². The number of ether oxygens (including phenoxy) is 3. The Hall–Kier alpha value is -2.40. The van der Waals surface area contributed by atoms with E-state index in [0.717, 1.165) is 5.56 Å². The molecule has 5 nitrogen and oxygen atoms in total. The second kappa shape index (κ2) is 8.62. The van der Waals surface area contributed by atoms with Crippen molar-refractivity contribution in [2.24, 2.45) is 0 Å². The lowest BCUT2D eigenvalue weighted by Gasteiger charge is -2.21. The molecule has 0 aliphatic heterocycles. The van der Waals surface area contributed by atoms with E-state index in [-0.39, 0.29) is 11.9 Å². The van der Waals surface area contributed by atoms with Gasteiger partial charge in [-0.2, -0.15) is 0 Å². The first-order valence-corrected chi connectivity index (χ1v) is 8.27. The Labute approximate surface area is 152 Å². The van der Waals surface area contributed by atoms with E-state index in [9.17, 15) is 4.79 Å². The van der Waals surface area contributed by atoms with Crippen molar-refractivity contribution in [2.75, 3.05) is 14.2 Å². The maximum absolute atomic E-state index is 12.4. The van der Waals surface area contributed by atoms with Gasteiger partial charge in [0.05, 0.1) is 20.3 Å². The normalized spacial score (nSPS) is 12.8. The van der Waals surface area contributed by atoms with Crippen molar-refractivity contribution in [3.05, 3.63) is 53.1 Å². The van der Waals surface area contributed by atoms with Gasteiger partial charge in [-0.05, 0) is 56.3 Å². The maximum atomic E-state index is 12.4. The van der Waals surface area contributed by atoms with Crippen LogP contribution >= 0.6 is 11.6 Å². The predicted molar refractivity (Wildman–Crippen MR) is 97.6 cm³/mol. The van der Waals surface area contributed by atoms with Crippen molar-refractivity contribution in [2.45, 2.75) is 26.0 Å². The minimum absolute atomic E-state index is 0.229. The van der Waals surface area contributed by atoms with E-state index in [1.54, 1.807) is 45.4 Å². The van der Waals surface area contributed by atoms with Crippen LogP contribution in [0, 0.1) is 0 Å². The maximum Gasteiger partial charge on any atom is 0.261 e. The molecule has 0 aliphatic rings. The van der Waals surface area contributed by atoms with E-state index in [2.05, 4.69) is 5.32 Å². The Kier molecular flexibility index (Phi) is 6.53. The van der Waals surface area contributed by atoms with Crippen LogP contribution in [0.25, 0.3) is 0 Å². The zero-order valence-electron chi connectivity index (χ0n) is 14.7. The molecule has 1 N–H and O–H groups in total. The molecule has 2 atom stereocenters. The van der Waals surface area contributed by atoms with Gasteiger partial charge >= 0.3 is 0 Å². The van der Waals surface area contributed by atoms with E-state index in [1.165, 1.54) is 0 Å². The van der Waals surface area contributed by atoms with Crippen LogP contribution in [0.1, 0.15) is 25.5 Å². The third kappa shape index (κ3) is 5.03. The molecule has 2 unspecified atom stereocenters. The van der Waals surface area contributed by atoms with Crippen LogP contribution in [-0.2, 0) is 4.79 Å². The summed E-state index contributed by atoms with van der Waals surface area (Å²) in [4.78, 5) is 12.4. The van der Waals surface area contributed by atoms with Crippen LogP contribution in [0.5, 0.6) is 17.2 Å². The molecule has 2 aromatic carbocycles. The SMILES string of the molecule is COc1ccc(OC)c(C(C)NC(=O)C(C)Oc2ccc(Cl)cc2)c1. The molecule has 0 spiro atoms. The van der Waals surface area contributed by atoms with E-state index in [0.29, 0.717) is 22.3 Å². The van der Waals surface area contributed by atoms with Crippen LogP contribution in [0.4, 0.5) is 0 Å². The quantitative estimate of drug-likeness (QED) is 0.807. The minimum atomic E-state index is -0.653. The summed E-state index contributed by atoms with van der Waals surface area (Å²) in [7, 11) is 3.18. The lowest BCUT2D eigenvalue weighted by Crippen LogP contribution is -2.37. The molecule has 0 heterocycles. The smallest absolute Gasteiger partial charge is 0.261 e. The second-order valence-electron chi connectivity index (χ2n) is 5.55. The number of hydrogen-bond donors (Lipinski definition) is 1. The lowest BCUT2D eigenvalue weighted by atomic mass is 10.1. The van der Waals surface area contributed by atoms with Crippen LogP contribution < -0.4 is 19.5 Å². The number of carbonyl (C=O) groups is 1. The summed E-state index contributed by atoms with van der Waals surface area (Å²) in [5.74, 6) is 1.73. The van der Waals surface area contributed by atoms with Gasteiger partial charge in [-0.1, -0.05) is 11.6 Å². The number of rotatable bonds is 7. The van der Waals surface area contributed by atoms with Gasteiger partial charge in [0, 0.05) is 10.6 Å². The third-order valence-electron chi connectivity index (χ3n) is 3.76. The molecule has 0 saturated carbocycles. The highest BCUT2D eigenvalue weighted by molar-refractivity contribution is 6.30. The minimum Gasteiger partial charge on any atom is -0.497 e. The van der Waals surface area contributed by atoms with Crippen molar-refractivity contribution in [3.63, 3.8) is 0 Å². The van der Waals surface area contributed by atoms with E-state index in [1.807, 2.05) is 25.1 Å². The summed E-state index contributed by atoms with van der Waals surface area (Å²) in [5.41, 5.74) is 0.828. The molecule has 2 aromatic rings. The van der Waals surface area contributed by atoms with Gasteiger partial charge in [-0.3, -0.25) is 4.79 Å². The molecule has 25 heavy (non-hydrogen) atoms. The van der Waals surface area contributed by atoms with Gasteiger partial charge in [0.2, 0.25) is 0 Å². The fourth-order valence-corrected chi connectivity index (χ4v) is 2.48. The van der Waals surface area contributed by atoms with Crippen LogP contribution in [0.15, 0.2) is 42.5 Å². The van der Waals surface area contributed by atoms with Gasteiger partial charge in [-0.25, -0.2) is 0 Å². The van der Waals surface area contributed by atoms with Crippen LogP contribution in [-0.4, -0.2) is 26.2 Å². The number of hydrogen-bond acceptors (Lipinski definition) is 4. The zero-order chi connectivity index (χ0) is 18.4. The number of benzene rings is 2. The third-order valence-corrected chi connectivity index (χ3v) is 4.01. The van der Waals surface area contributed by atoms with Gasteiger partial charge in [0.1, 0.15) is 17.2 Å². The van der Waals surface area contributed by atoms with Crippen LogP contribution in [0.2, 0.25) is 5.02 Å². The Morgan fingerprint density at radius 1 is 1.00 bits per heavy atom. The molecule has 1 amide bonds. The van der Waals surface area contributed by atoms with Gasteiger partial charge in [-0.15, -0.1) is 0 Å². The highest BCUT2D eigenvalue weighted by Gasteiger charge is 2.20. The summed E-state index contributed by atoms with van der Waals surface area (Å²) < 4.78 is 16.2. The molecule has 134 valence electrons. The van der Waals surface area contributed by atoms with Gasteiger partial charge < -0.3 is 19.5 Å². The predicted octanol–water partition coefficient (Wildman–Crippen LogP) is 4.00. The topological polar surface area (TPSA) is 56.8 Å². The standard InChI is InChI=1S/C19H22ClNO4/c1-12(17-11-16(23-3)9-10-18(17)24-4)21-19(22)13(2)25-15-7-5-14(20)6-8-15/h5-13H,1-4H3,(H,21,22). The van der Waals surface area contributed by atoms with E-state index >= 15 is 0 Å². The van der Waals surface area contributed by atoms with Gasteiger partial charge in [0.15, 0.2) is 6.10 Å². The van der Waals surface area contributed by atoms with Crippen LogP contribution in [0.3, 0.4) is 0 Å². The highest BCUT2D eigenvalue weighted by Crippen LogP contribution is 2.29. The zero-order valence-corrected chi connectivity index (χ0v) is 15.5. The first-order valence-electron chi connectivity index (χ1n) is 7.89. The molecule has 2 rings (SSSR count). The molecular weight excluding hydrogens is 342 g/mol. The Morgan fingerprint density at radius 3 is 2.24 bits per heavy atom. The average molecular weight is 364 g/mol. The Bertz CT molecular complexity index is 718. The summed E-state index contributed by atoms with van der Waals surface area (Å²) in [6.07, 6.45) is -0.653. The lowest BCUT2D eigenvalue weighted by molar-refractivity contribution is -0.127. The highest BCUT2D eigenvalue weighted by atomic mass is 35.5. The number of methoxy groups -OCH3 is 2. The summed E-state index contributed by atoms with van der Waals surface area (Å²) in [5, 5.41) is 3.54. The summed E-state index contributed by atoms with van der Waals surface area (Å²) in [6.45, 7) is 3.57. The Balaban J connectivity index is 2.05. The molecule has 0 fully saturated rings. The summed E-state index contributed by atoms with van der Waals surface area (Å²) in [6, 6.07) is 12.1. The number of halogens is 1. The first kappa shape index (κ1) is 18.9. The second-order valence-corrected chi connectivity index (χ2v) is 5.99. The van der Waals surface area contributed by atoms with Crippen molar-refractivity contribution < 1.29 is 19.0 Å². The first-order chi connectivity index (χ1) is 11.9. The number of carbonyl (C=O) groups excluding carboxylic acids is 1. The molecule has 0 aliphatic carbocycles. The largest absolute Gasteiger partial charge is 0.497 e. The monoisotopic (exact) mass is 363 g/mol. The molecule has 0 saturated heterocycles. The summed E-state index contributed by atoms with van der Waals surface area (Å²) >= 11 is 5.84. The van der Waals surface area contributed by atoms with E-state index < -0.39 is 6.10 Å². The fourth-order valence-electron chi connectivity index (χ4n) is 2.36. The molecular formula is C19H22ClNO4. The molecule has 0 radical (unpaired) electrons. The fraction of sp³-hybridized carbons (Fsp3) is 0.316. The van der Waals surface area contributed by atoms with Crippen molar-refractivity contribution >= 4 is 17.5 Å². The Morgan fingerprint density at radius 2 is 1.64 bits per heavy atom. The molecule has 0 aromatic heterocycles.